The average Bonchev–Trinajstić information content (AvgIpc) is 2.84. The Balaban J connectivity index is 1.86. The van der Waals surface area contributed by atoms with Crippen LogP contribution in [0.1, 0.15) is 18.4 Å². The molecule has 0 saturated carbocycles. The molecule has 18 heavy (non-hydrogen) atoms. The van der Waals surface area contributed by atoms with Crippen LogP contribution in [-0.4, -0.2) is 11.5 Å². The van der Waals surface area contributed by atoms with Crippen LogP contribution in [0.2, 0.25) is 5.02 Å². The first-order chi connectivity index (χ1) is 8.78. The third-order valence-corrected chi connectivity index (χ3v) is 3.52. The molecule has 5 heteroatoms. The number of furan rings is 1. The zero-order valence-corrected chi connectivity index (χ0v) is 11.7. The van der Waals surface area contributed by atoms with E-state index in [9.17, 15) is 0 Å². The lowest BCUT2D eigenvalue weighted by Crippen LogP contribution is -2.10. The smallest absolute Gasteiger partial charge is 0.117 e. The molecule has 0 aliphatic carbocycles. The monoisotopic (exact) mass is 282 g/mol. The van der Waals surface area contributed by atoms with Gasteiger partial charge in [0.25, 0.3) is 0 Å². The minimum atomic E-state index is 0.658. The van der Waals surface area contributed by atoms with Gasteiger partial charge in [-0.25, -0.2) is 4.98 Å². The summed E-state index contributed by atoms with van der Waals surface area (Å²) in [7, 11) is 0. The number of thioether (sulfide) groups is 1. The zero-order chi connectivity index (χ0) is 12.8. The van der Waals surface area contributed by atoms with Crippen molar-refractivity contribution in [2.24, 2.45) is 0 Å². The van der Waals surface area contributed by atoms with Crippen molar-refractivity contribution in [2.75, 3.05) is 6.54 Å². The molecule has 96 valence electrons. The first kappa shape index (κ1) is 13.5. The van der Waals surface area contributed by atoms with Crippen molar-refractivity contribution >= 4 is 23.4 Å². The van der Waals surface area contributed by atoms with Crippen molar-refractivity contribution in [1.82, 2.24) is 10.3 Å². The van der Waals surface area contributed by atoms with Gasteiger partial charge in [0.2, 0.25) is 0 Å². The van der Waals surface area contributed by atoms with E-state index >= 15 is 0 Å². The largest absolute Gasteiger partial charge is 0.464 e. The van der Waals surface area contributed by atoms with Crippen LogP contribution in [-0.2, 0) is 12.3 Å². The van der Waals surface area contributed by atoms with E-state index in [1.807, 2.05) is 24.3 Å². The first-order valence-corrected chi connectivity index (χ1v) is 7.17. The minimum Gasteiger partial charge on any atom is -0.464 e. The fourth-order valence-electron chi connectivity index (χ4n) is 1.44. The van der Waals surface area contributed by atoms with Crippen LogP contribution in [0.25, 0.3) is 0 Å². The summed E-state index contributed by atoms with van der Waals surface area (Å²) in [4.78, 5) is 4.23. The lowest BCUT2D eigenvalue weighted by Gasteiger charge is -1.99. The van der Waals surface area contributed by atoms with Gasteiger partial charge in [-0.3, -0.25) is 0 Å². The van der Waals surface area contributed by atoms with Gasteiger partial charge in [-0.15, -0.1) is 0 Å². The van der Waals surface area contributed by atoms with Crippen LogP contribution < -0.4 is 5.32 Å². The molecule has 0 aliphatic heterocycles. The number of pyridine rings is 1. The maximum atomic E-state index is 5.78. The summed E-state index contributed by atoms with van der Waals surface area (Å²) in [6.45, 7) is 3.80. The first-order valence-electron chi connectivity index (χ1n) is 5.80. The van der Waals surface area contributed by atoms with Crippen molar-refractivity contribution in [2.45, 2.75) is 24.2 Å². The van der Waals surface area contributed by atoms with Crippen molar-refractivity contribution < 1.29 is 4.42 Å². The molecule has 0 spiro atoms. The molecule has 0 bridgehead atoms. The Kier molecular flexibility index (Phi) is 5.11. The van der Waals surface area contributed by atoms with Gasteiger partial charge in [0.05, 0.1) is 22.3 Å². The summed E-state index contributed by atoms with van der Waals surface area (Å²) in [6, 6.07) is 7.77. The van der Waals surface area contributed by atoms with Crippen molar-refractivity contribution in [3.8, 4) is 0 Å². The Hall–Kier alpha value is -0.970. The van der Waals surface area contributed by atoms with E-state index in [0.717, 1.165) is 35.4 Å². The molecule has 0 saturated heterocycles. The van der Waals surface area contributed by atoms with Gasteiger partial charge in [-0.2, -0.15) is 0 Å². The number of rotatable bonds is 6. The van der Waals surface area contributed by atoms with E-state index in [1.54, 1.807) is 18.0 Å². The highest BCUT2D eigenvalue weighted by atomic mass is 35.5. The van der Waals surface area contributed by atoms with E-state index in [0.29, 0.717) is 5.02 Å². The lowest BCUT2D eigenvalue weighted by atomic mass is 10.4. The van der Waals surface area contributed by atoms with Gasteiger partial charge < -0.3 is 9.73 Å². The second kappa shape index (κ2) is 6.83. The molecular weight excluding hydrogens is 268 g/mol. The third-order valence-electron chi connectivity index (χ3n) is 2.33. The van der Waals surface area contributed by atoms with Crippen LogP contribution in [0.5, 0.6) is 0 Å². The second-order valence-corrected chi connectivity index (χ2v) is 5.18. The molecule has 0 unspecified atom stereocenters. The average molecular weight is 283 g/mol. The molecule has 2 aromatic rings. The van der Waals surface area contributed by atoms with Crippen LogP contribution in [0.4, 0.5) is 0 Å². The quantitative estimate of drug-likeness (QED) is 0.819. The summed E-state index contributed by atoms with van der Waals surface area (Å²) >= 11 is 7.42. The number of nitrogens with one attached hydrogen (secondary N) is 1. The van der Waals surface area contributed by atoms with E-state index in [1.165, 1.54) is 0 Å². The van der Waals surface area contributed by atoms with Gasteiger partial charge in [-0.1, -0.05) is 30.3 Å². The molecular formula is C13H15ClN2OS. The molecule has 2 heterocycles. The van der Waals surface area contributed by atoms with Crippen LogP contribution in [0.15, 0.2) is 39.9 Å². The highest BCUT2D eigenvalue weighted by molar-refractivity contribution is 7.98. The van der Waals surface area contributed by atoms with Crippen molar-refractivity contribution in [3.63, 3.8) is 0 Å². The van der Waals surface area contributed by atoms with Gasteiger partial charge in [0.15, 0.2) is 0 Å². The molecule has 0 radical (unpaired) electrons. The molecule has 0 fully saturated rings. The Bertz CT molecular complexity index is 484. The molecule has 0 atom stereocenters. The molecule has 3 nitrogen and oxygen atoms in total. The maximum absolute atomic E-state index is 5.78. The number of halogens is 1. The molecule has 0 aromatic carbocycles. The summed E-state index contributed by atoms with van der Waals surface area (Å²) in [5, 5.41) is 4.84. The summed E-state index contributed by atoms with van der Waals surface area (Å²) in [5.41, 5.74) is 0. The predicted molar refractivity (Wildman–Crippen MR) is 74.9 cm³/mol. The molecule has 2 rings (SSSR count). The fourth-order valence-corrected chi connectivity index (χ4v) is 2.28. The number of hydrogen-bond acceptors (Lipinski definition) is 4. The van der Waals surface area contributed by atoms with Gasteiger partial charge in [0, 0.05) is 6.20 Å². The second-order valence-electron chi connectivity index (χ2n) is 3.75. The van der Waals surface area contributed by atoms with E-state index < -0.39 is 0 Å². The Labute approximate surface area is 116 Å². The zero-order valence-electron chi connectivity index (χ0n) is 10.1. The number of hydrogen-bond donors (Lipinski definition) is 1. The van der Waals surface area contributed by atoms with Crippen molar-refractivity contribution in [1.29, 1.82) is 0 Å². The van der Waals surface area contributed by atoms with Crippen LogP contribution in [0.3, 0.4) is 0 Å². The molecule has 0 aliphatic rings. The summed E-state index contributed by atoms with van der Waals surface area (Å²) < 4.78 is 5.69. The van der Waals surface area contributed by atoms with Crippen LogP contribution in [0, 0.1) is 0 Å². The third kappa shape index (κ3) is 4.05. The Morgan fingerprint density at radius 1 is 1.28 bits per heavy atom. The highest BCUT2D eigenvalue weighted by Crippen LogP contribution is 2.22. The lowest BCUT2D eigenvalue weighted by molar-refractivity contribution is 0.463. The number of aromatic nitrogens is 1. The molecule has 1 N–H and O–H groups in total. The van der Waals surface area contributed by atoms with Crippen molar-refractivity contribution in [3.05, 3.63) is 47.0 Å². The van der Waals surface area contributed by atoms with E-state index in [4.69, 9.17) is 16.0 Å². The SMILES string of the molecule is CCNCc1ccc(CSc2ccc(Cl)cn2)o1. The Morgan fingerprint density at radius 3 is 2.83 bits per heavy atom. The van der Waals surface area contributed by atoms with Gasteiger partial charge >= 0.3 is 0 Å². The Morgan fingerprint density at radius 2 is 2.11 bits per heavy atom. The normalized spacial score (nSPS) is 10.8. The standard InChI is InChI=1S/C13H15ClN2OS/c1-2-15-8-11-4-5-12(17-11)9-18-13-6-3-10(14)7-16-13/h3-7,15H,2,8-9H2,1H3. The molecule has 0 amide bonds. The maximum Gasteiger partial charge on any atom is 0.117 e. The topological polar surface area (TPSA) is 38.1 Å². The summed E-state index contributed by atoms with van der Waals surface area (Å²) in [5.74, 6) is 2.71. The van der Waals surface area contributed by atoms with Crippen LogP contribution >= 0.6 is 23.4 Å². The van der Waals surface area contributed by atoms with Gasteiger partial charge in [-0.05, 0) is 30.8 Å². The molecule has 2 aromatic heterocycles. The van der Waals surface area contributed by atoms with E-state index in [-0.39, 0.29) is 0 Å². The highest BCUT2D eigenvalue weighted by Gasteiger charge is 2.03. The van der Waals surface area contributed by atoms with Gasteiger partial charge in [0.1, 0.15) is 11.5 Å². The van der Waals surface area contributed by atoms with E-state index in [2.05, 4.69) is 17.2 Å². The minimum absolute atomic E-state index is 0.658. The fraction of sp³-hybridized carbons (Fsp3) is 0.308. The number of nitrogens with zero attached hydrogens (tertiary/aromatic N) is 1. The predicted octanol–water partition coefficient (Wildman–Crippen LogP) is 3.73. The summed E-state index contributed by atoms with van der Waals surface area (Å²) in [6.07, 6.45) is 1.66.